The molecule has 2 unspecified atom stereocenters. The van der Waals surface area contributed by atoms with E-state index in [0.717, 1.165) is 24.8 Å². The van der Waals surface area contributed by atoms with Gasteiger partial charge in [-0.15, -0.1) is 0 Å². The van der Waals surface area contributed by atoms with E-state index < -0.39 is 0 Å². The van der Waals surface area contributed by atoms with E-state index in [4.69, 9.17) is 0 Å². The Morgan fingerprint density at radius 3 is 2.70 bits per heavy atom. The maximum absolute atomic E-state index is 12.9. The lowest BCUT2D eigenvalue weighted by molar-refractivity contribution is -0.140. The summed E-state index contributed by atoms with van der Waals surface area (Å²) in [6.07, 6.45) is 3.91. The Hall–Kier alpha value is -2.10. The van der Waals surface area contributed by atoms with Crippen LogP contribution in [0.1, 0.15) is 37.8 Å². The number of amides is 2. The van der Waals surface area contributed by atoms with Gasteiger partial charge in [0, 0.05) is 20.1 Å². The molecule has 2 amide bonds. The molecule has 0 radical (unpaired) electrons. The molecule has 1 saturated heterocycles. The minimum atomic E-state index is -0.115. The molecular formula is C19H26N2O2. The van der Waals surface area contributed by atoms with Crippen LogP contribution in [-0.4, -0.2) is 41.8 Å². The standard InChI is InChI=1S/C19H26N2O2/c1-4-17(15-10-7-6-8-11-15)20(3)19(23)16-12-9-13-21(14-16)18(22)5-2/h5-8,10-11,16-17H,2,4,9,12-14H2,1,3H3. The summed E-state index contributed by atoms with van der Waals surface area (Å²) in [4.78, 5) is 28.3. The maximum Gasteiger partial charge on any atom is 0.245 e. The Morgan fingerprint density at radius 1 is 1.39 bits per heavy atom. The predicted octanol–water partition coefficient (Wildman–Crippen LogP) is 3.02. The highest BCUT2D eigenvalue weighted by atomic mass is 16.2. The highest BCUT2D eigenvalue weighted by Gasteiger charge is 2.31. The third-order valence-electron chi connectivity index (χ3n) is 4.64. The maximum atomic E-state index is 12.9. The molecule has 0 bridgehead atoms. The van der Waals surface area contributed by atoms with Gasteiger partial charge in [0.25, 0.3) is 0 Å². The number of hydrogen-bond donors (Lipinski definition) is 0. The second kappa shape index (κ2) is 7.95. The Morgan fingerprint density at radius 2 is 2.09 bits per heavy atom. The zero-order valence-electron chi connectivity index (χ0n) is 14.1. The number of piperidine rings is 1. The summed E-state index contributed by atoms with van der Waals surface area (Å²) < 4.78 is 0. The van der Waals surface area contributed by atoms with Crippen molar-refractivity contribution in [3.8, 4) is 0 Å². The number of rotatable bonds is 5. The first-order valence-electron chi connectivity index (χ1n) is 8.31. The van der Waals surface area contributed by atoms with Gasteiger partial charge in [-0.2, -0.15) is 0 Å². The largest absolute Gasteiger partial charge is 0.338 e. The molecule has 1 aromatic carbocycles. The van der Waals surface area contributed by atoms with Crippen molar-refractivity contribution in [2.24, 2.45) is 5.92 Å². The van der Waals surface area contributed by atoms with Gasteiger partial charge >= 0.3 is 0 Å². The van der Waals surface area contributed by atoms with E-state index >= 15 is 0 Å². The molecule has 1 aliphatic heterocycles. The summed E-state index contributed by atoms with van der Waals surface area (Å²) in [6.45, 7) is 6.84. The Bertz CT molecular complexity index is 556. The van der Waals surface area contributed by atoms with E-state index in [2.05, 4.69) is 25.6 Å². The summed E-state index contributed by atoms with van der Waals surface area (Å²) in [7, 11) is 1.87. The van der Waals surface area contributed by atoms with Gasteiger partial charge in [0.1, 0.15) is 0 Å². The fraction of sp³-hybridized carbons (Fsp3) is 0.474. The van der Waals surface area contributed by atoms with Crippen LogP contribution in [0.25, 0.3) is 0 Å². The van der Waals surface area contributed by atoms with Gasteiger partial charge in [0.2, 0.25) is 11.8 Å². The molecule has 1 heterocycles. The molecule has 0 N–H and O–H groups in total. The van der Waals surface area contributed by atoms with Crippen LogP contribution in [0.3, 0.4) is 0 Å². The van der Waals surface area contributed by atoms with Gasteiger partial charge < -0.3 is 9.80 Å². The van der Waals surface area contributed by atoms with Crippen LogP contribution < -0.4 is 0 Å². The summed E-state index contributed by atoms with van der Waals surface area (Å²) >= 11 is 0. The molecule has 124 valence electrons. The summed E-state index contributed by atoms with van der Waals surface area (Å²) in [5.41, 5.74) is 1.15. The number of likely N-dealkylation sites (tertiary alicyclic amines) is 1. The van der Waals surface area contributed by atoms with Crippen LogP contribution in [0.2, 0.25) is 0 Å². The minimum Gasteiger partial charge on any atom is -0.338 e. The van der Waals surface area contributed by atoms with Crippen molar-refractivity contribution >= 4 is 11.8 Å². The smallest absolute Gasteiger partial charge is 0.245 e. The van der Waals surface area contributed by atoms with Crippen LogP contribution in [-0.2, 0) is 9.59 Å². The zero-order valence-corrected chi connectivity index (χ0v) is 14.1. The number of nitrogens with zero attached hydrogens (tertiary/aromatic N) is 2. The zero-order chi connectivity index (χ0) is 16.8. The first kappa shape index (κ1) is 17.3. The van der Waals surface area contributed by atoms with Crippen LogP contribution in [0.15, 0.2) is 43.0 Å². The molecule has 0 spiro atoms. The average Bonchev–Trinajstić information content (AvgIpc) is 2.62. The molecule has 0 aromatic heterocycles. The molecule has 0 saturated carbocycles. The first-order valence-corrected chi connectivity index (χ1v) is 8.31. The van der Waals surface area contributed by atoms with Crippen molar-refractivity contribution < 1.29 is 9.59 Å². The van der Waals surface area contributed by atoms with E-state index in [9.17, 15) is 9.59 Å². The van der Waals surface area contributed by atoms with Gasteiger partial charge in [-0.1, -0.05) is 43.8 Å². The molecule has 0 aliphatic carbocycles. The molecular weight excluding hydrogens is 288 g/mol. The number of carbonyl (C=O) groups is 2. The first-order chi connectivity index (χ1) is 11.1. The lowest BCUT2D eigenvalue weighted by Gasteiger charge is -2.36. The van der Waals surface area contributed by atoms with Gasteiger partial charge in [0.05, 0.1) is 12.0 Å². The van der Waals surface area contributed by atoms with Gasteiger partial charge in [0.15, 0.2) is 0 Å². The third-order valence-corrected chi connectivity index (χ3v) is 4.64. The topological polar surface area (TPSA) is 40.6 Å². The number of carbonyl (C=O) groups excluding carboxylic acids is 2. The molecule has 1 fully saturated rings. The normalized spacial score (nSPS) is 19.0. The van der Waals surface area contributed by atoms with Crippen molar-refractivity contribution in [2.45, 2.75) is 32.2 Å². The van der Waals surface area contributed by atoms with Crippen LogP contribution in [0, 0.1) is 5.92 Å². The van der Waals surface area contributed by atoms with Gasteiger partial charge in [-0.25, -0.2) is 0 Å². The highest BCUT2D eigenvalue weighted by molar-refractivity contribution is 5.88. The minimum absolute atomic E-state index is 0.0779. The van der Waals surface area contributed by atoms with Crippen LogP contribution >= 0.6 is 0 Å². The quantitative estimate of drug-likeness (QED) is 0.784. The highest BCUT2D eigenvalue weighted by Crippen LogP contribution is 2.27. The van der Waals surface area contributed by atoms with E-state index in [1.54, 1.807) is 4.90 Å². The lowest BCUT2D eigenvalue weighted by atomic mass is 9.94. The van der Waals surface area contributed by atoms with Gasteiger partial charge in [-0.05, 0) is 30.9 Å². The Kier molecular flexibility index (Phi) is 5.97. The van der Waals surface area contributed by atoms with Crippen molar-refractivity contribution in [1.82, 2.24) is 9.80 Å². The lowest BCUT2D eigenvalue weighted by Crippen LogP contribution is -2.46. The van der Waals surface area contributed by atoms with E-state index in [-0.39, 0.29) is 23.8 Å². The number of benzene rings is 1. The van der Waals surface area contributed by atoms with Crippen molar-refractivity contribution in [2.75, 3.05) is 20.1 Å². The third kappa shape index (κ3) is 4.01. The summed E-state index contributed by atoms with van der Waals surface area (Å²) in [5.74, 6) is -0.0714. The van der Waals surface area contributed by atoms with Crippen LogP contribution in [0.5, 0.6) is 0 Å². The monoisotopic (exact) mass is 314 g/mol. The average molecular weight is 314 g/mol. The fourth-order valence-electron chi connectivity index (χ4n) is 3.36. The number of hydrogen-bond acceptors (Lipinski definition) is 2. The molecule has 2 atom stereocenters. The van der Waals surface area contributed by atoms with Crippen molar-refractivity contribution in [1.29, 1.82) is 0 Å². The van der Waals surface area contributed by atoms with Gasteiger partial charge in [-0.3, -0.25) is 9.59 Å². The second-order valence-electron chi connectivity index (χ2n) is 6.11. The SMILES string of the molecule is C=CC(=O)N1CCCC(C(=O)N(C)C(CC)c2ccccc2)C1. The van der Waals surface area contributed by atoms with Crippen molar-refractivity contribution in [3.05, 3.63) is 48.6 Å². The van der Waals surface area contributed by atoms with E-state index in [1.807, 2.05) is 30.1 Å². The molecule has 4 nitrogen and oxygen atoms in total. The second-order valence-corrected chi connectivity index (χ2v) is 6.11. The fourth-order valence-corrected chi connectivity index (χ4v) is 3.36. The summed E-state index contributed by atoms with van der Waals surface area (Å²) in [6, 6.07) is 10.2. The predicted molar refractivity (Wildman–Crippen MR) is 91.7 cm³/mol. The molecule has 1 aliphatic rings. The Balaban J connectivity index is 2.08. The molecule has 1 aromatic rings. The molecule has 4 heteroatoms. The van der Waals surface area contributed by atoms with Crippen LogP contribution in [0.4, 0.5) is 0 Å². The van der Waals surface area contributed by atoms with E-state index in [1.165, 1.54) is 6.08 Å². The molecule has 23 heavy (non-hydrogen) atoms. The molecule has 2 rings (SSSR count). The van der Waals surface area contributed by atoms with E-state index in [0.29, 0.717) is 13.1 Å². The summed E-state index contributed by atoms with van der Waals surface area (Å²) in [5, 5.41) is 0. The van der Waals surface area contributed by atoms with Crippen molar-refractivity contribution in [3.63, 3.8) is 0 Å². The Labute approximate surface area is 138 Å².